The molecule has 0 unspecified atom stereocenters. The van der Waals surface area contributed by atoms with E-state index in [-0.39, 0.29) is 18.2 Å². The third kappa shape index (κ3) is 4.99. The zero-order chi connectivity index (χ0) is 17.7. The maximum Gasteiger partial charge on any atom is 0.308 e. The molecule has 2 atom stereocenters. The normalized spacial score (nSPS) is 17.7. The Kier molecular flexibility index (Phi) is 6.25. The standard InChI is InChI=1S/C17H22N2O4S/c1-10(2)9-18-16(21)11(3)23-15(20)8-14-17(22)19-12-6-4-5-7-13(12)24-14/h4-7,10-11,14H,8-9H2,1-3H3,(H,18,21)(H,19,22)/t11-,14-/m0/s1. The molecule has 0 aromatic heterocycles. The number of rotatable bonds is 6. The van der Waals surface area contributed by atoms with Gasteiger partial charge in [-0.3, -0.25) is 14.4 Å². The SMILES string of the molecule is CC(C)CNC(=O)[C@H](C)OC(=O)C[C@@H]1Sc2ccccc2NC1=O. The Morgan fingerprint density at radius 3 is 2.71 bits per heavy atom. The van der Waals surface area contributed by atoms with E-state index in [1.54, 1.807) is 0 Å². The van der Waals surface area contributed by atoms with Crippen LogP contribution < -0.4 is 10.6 Å². The van der Waals surface area contributed by atoms with Gasteiger partial charge in [0.15, 0.2) is 6.10 Å². The van der Waals surface area contributed by atoms with E-state index in [2.05, 4.69) is 10.6 Å². The fraction of sp³-hybridized carbons (Fsp3) is 0.471. The Hall–Kier alpha value is -2.02. The van der Waals surface area contributed by atoms with Crippen molar-refractivity contribution < 1.29 is 19.1 Å². The number of thioether (sulfide) groups is 1. The van der Waals surface area contributed by atoms with Gasteiger partial charge in [0.05, 0.1) is 17.4 Å². The summed E-state index contributed by atoms with van der Waals surface area (Å²) in [6.07, 6.45) is -0.952. The molecule has 0 aliphatic carbocycles. The summed E-state index contributed by atoms with van der Waals surface area (Å²) in [6, 6.07) is 7.42. The van der Waals surface area contributed by atoms with E-state index in [1.165, 1.54) is 18.7 Å². The third-order valence-corrected chi connectivity index (χ3v) is 4.70. The van der Waals surface area contributed by atoms with Crippen molar-refractivity contribution in [3.05, 3.63) is 24.3 Å². The molecule has 1 aliphatic heterocycles. The van der Waals surface area contributed by atoms with E-state index in [0.717, 1.165) is 10.6 Å². The number of ether oxygens (including phenoxy) is 1. The van der Waals surface area contributed by atoms with Crippen LogP contribution in [0.3, 0.4) is 0 Å². The highest BCUT2D eigenvalue weighted by molar-refractivity contribution is 8.01. The molecular weight excluding hydrogens is 328 g/mol. The second kappa shape index (κ2) is 8.19. The van der Waals surface area contributed by atoms with Gasteiger partial charge in [0.1, 0.15) is 0 Å². The van der Waals surface area contributed by atoms with E-state index in [1.807, 2.05) is 38.1 Å². The van der Waals surface area contributed by atoms with Crippen molar-refractivity contribution in [3.63, 3.8) is 0 Å². The first-order valence-electron chi connectivity index (χ1n) is 7.90. The van der Waals surface area contributed by atoms with Crippen LogP contribution in [0, 0.1) is 5.92 Å². The molecule has 1 aliphatic rings. The van der Waals surface area contributed by atoms with Crippen molar-refractivity contribution in [1.29, 1.82) is 0 Å². The Morgan fingerprint density at radius 2 is 2.00 bits per heavy atom. The number of carbonyl (C=O) groups is 3. The Morgan fingerprint density at radius 1 is 1.29 bits per heavy atom. The molecule has 1 aromatic carbocycles. The molecule has 0 saturated heterocycles. The van der Waals surface area contributed by atoms with E-state index >= 15 is 0 Å². The smallest absolute Gasteiger partial charge is 0.308 e. The van der Waals surface area contributed by atoms with Crippen LogP contribution in [0.2, 0.25) is 0 Å². The first kappa shape index (κ1) is 18.3. The van der Waals surface area contributed by atoms with E-state index < -0.39 is 17.3 Å². The van der Waals surface area contributed by atoms with Crippen molar-refractivity contribution in [2.75, 3.05) is 11.9 Å². The highest BCUT2D eigenvalue weighted by Crippen LogP contribution is 2.36. The summed E-state index contributed by atoms with van der Waals surface area (Å²) < 4.78 is 5.14. The first-order valence-corrected chi connectivity index (χ1v) is 8.78. The molecule has 7 heteroatoms. The Balaban J connectivity index is 1.86. The minimum atomic E-state index is -0.875. The molecule has 0 saturated carbocycles. The number of hydrogen-bond acceptors (Lipinski definition) is 5. The largest absolute Gasteiger partial charge is 0.453 e. The van der Waals surface area contributed by atoms with Gasteiger partial charge in [-0.1, -0.05) is 26.0 Å². The molecule has 2 N–H and O–H groups in total. The fourth-order valence-electron chi connectivity index (χ4n) is 2.13. The highest BCUT2D eigenvalue weighted by atomic mass is 32.2. The minimum absolute atomic E-state index is 0.0768. The summed E-state index contributed by atoms with van der Waals surface area (Å²) in [7, 11) is 0. The predicted octanol–water partition coefficient (Wildman–Crippen LogP) is 2.19. The zero-order valence-electron chi connectivity index (χ0n) is 14.0. The van der Waals surface area contributed by atoms with Crippen molar-refractivity contribution >= 4 is 35.2 Å². The highest BCUT2D eigenvalue weighted by Gasteiger charge is 2.30. The summed E-state index contributed by atoms with van der Waals surface area (Å²) in [4.78, 5) is 36.8. The molecule has 6 nitrogen and oxygen atoms in total. The molecule has 1 heterocycles. The lowest BCUT2D eigenvalue weighted by Gasteiger charge is -2.23. The first-order chi connectivity index (χ1) is 11.4. The number of benzene rings is 1. The van der Waals surface area contributed by atoms with Crippen molar-refractivity contribution in [2.24, 2.45) is 5.92 Å². The van der Waals surface area contributed by atoms with Crippen LogP contribution in [0.25, 0.3) is 0 Å². The van der Waals surface area contributed by atoms with Gasteiger partial charge < -0.3 is 15.4 Å². The van der Waals surface area contributed by atoms with Crippen molar-refractivity contribution in [3.8, 4) is 0 Å². The van der Waals surface area contributed by atoms with Gasteiger partial charge in [-0.2, -0.15) is 0 Å². The molecular formula is C17H22N2O4S. The molecule has 0 radical (unpaired) electrons. The number of esters is 1. The summed E-state index contributed by atoms with van der Waals surface area (Å²) in [5, 5.41) is 4.93. The lowest BCUT2D eigenvalue weighted by Crippen LogP contribution is -2.38. The second-order valence-corrected chi connectivity index (χ2v) is 7.31. The quantitative estimate of drug-likeness (QED) is 0.768. The van der Waals surface area contributed by atoms with Crippen LogP contribution in [0.1, 0.15) is 27.2 Å². The average Bonchev–Trinajstić information content (AvgIpc) is 2.53. The number of para-hydroxylation sites is 1. The number of hydrogen-bond donors (Lipinski definition) is 2. The maximum atomic E-state index is 12.1. The molecule has 130 valence electrons. The average molecular weight is 350 g/mol. The van der Waals surface area contributed by atoms with Crippen LogP contribution >= 0.6 is 11.8 Å². The molecule has 0 fully saturated rings. The van der Waals surface area contributed by atoms with Gasteiger partial charge in [-0.25, -0.2) is 0 Å². The predicted molar refractivity (Wildman–Crippen MR) is 92.7 cm³/mol. The second-order valence-electron chi connectivity index (χ2n) is 6.07. The van der Waals surface area contributed by atoms with E-state index in [0.29, 0.717) is 12.5 Å². The van der Waals surface area contributed by atoms with Crippen LogP contribution in [-0.2, 0) is 19.1 Å². The van der Waals surface area contributed by atoms with Gasteiger partial charge >= 0.3 is 5.97 Å². The van der Waals surface area contributed by atoms with Gasteiger partial charge in [0, 0.05) is 11.4 Å². The molecule has 0 spiro atoms. The maximum absolute atomic E-state index is 12.1. The van der Waals surface area contributed by atoms with E-state index in [4.69, 9.17) is 4.74 Å². The molecule has 0 bridgehead atoms. The van der Waals surface area contributed by atoms with E-state index in [9.17, 15) is 14.4 Å². The fourth-order valence-corrected chi connectivity index (χ4v) is 3.22. The summed E-state index contributed by atoms with van der Waals surface area (Å²) in [5.41, 5.74) is 0.749. The monoisotopic (exact) mass is 350 g/mol. The van der Waals surface area contributed by atoms with Crippen LogP contribution in [0.15, 0.2) is 29.2 Å². The van der Waals surface area contributed by atoms with Crippen LogP contribution in [-0.4, -0.2) is 35.7 Å². The van der Waals surface area contributed by atoms with Gasteiger partial charge in [-0.15, -0.1) is 11.8 Å². The van der Waals surface area contributed by atoms with Crippen molar-refractivity contribution in [1.82, 2.24) is 5.32 Å². The molecule has 1 aromatic rings. The lowest BCUT2D eigenvalue weighted by atomic mass is 10.2. The van der Waals surface area contributed by atoms with Crippen LogP contribution in [0.5, 0.6) is 0 Å². The Bertz CT molecular complexity index is 633. The summed E-state index contributed by atoms with van der Waals surface area (Å²) >= 11 is 1.33. The number of carbonyl (C=O) groups excluding carboxylic acids is 3. The summed E-state index contributed by atoms with van der Waals surface area (Å²) in [5.74, 6) is -0.802. The topological polar surface area (TPSA) is 84.5 Å². The van der Waals surface area contributed by atoms with Gasteiger partial charge in [0.2, 0.25) is 5.91 Å². The summed E-state index contributed by atoms with van der Waals surface area (Å²) in [6.45, 7) is 6.01. The number of nitrogens with one attached hydrogen (secondary N) is 2. The van der Waals surface area contributed by atoms with Crippen molar-refractivity contribution in [2.45, 2.75) is 43.4 Å². The van der Waals surface area contributed by atoms with Crippen LogP contribution in [0.4, 0.5) is 5.69 Å². The number of fused-ring (bicyclic) bond motifs is 1. The number of anilines is 1. The van der Waals surface area contributed by atoms with Gasteiger partial charge in [-0.05, 0) is 25.0 Å². The lowest BCUT2D eigenvalue weighted by molar-refractivity contribution is -0.155. The Labute approximate surface area is 145 Å². The number of amides is 2. The molecule has 2 amide bonds. The zero-order valence-corrected chi connectivity index (χ0v) is 14.8. The minimum Gasteiger partial charge on any atom is -0.453 e. The molecule has 2 rings (SSSR count). The molecule has 24 heavy (non-hydrogen) atoms. The van der Waals surface area contributed by atoms with Gasteiger partial charge in [0.25, 0.3) is 5.91 Å². The third-order valence-electron chi connectivity index (χ3n) is 3.42.